The first-order valence-corrected chi connectivity index (χ1v) is 12.7. The summed E-state index contributed by atoms with van der Waals surface area (Å²) in [7, 11) is 0. The van der Waals surface area contributed by atoms with Gasteiger partial charge in [0.25, 0.3) is 11.8 Å². The largest absolute Gasteiger partial charge is 0.480 e. The number of piperidine rings is 1. The van der Waals surface area contributed by atoms with E-state index >= 15 is 0 Å². The number of halogens is 2. The predicted octanol–water partition coefficient (Wildman–Crippen LogP) is 3.66. The smallest absolute Gasteiger partial charge is 0.326 e. The molecule has 9 nitrogen and oxygen atoms in total. The fraction of sp³-hybridized carbons (Fsp3) is 0.167. The Morgan fingerprint density at radius 3 is 2.51 bits per heavy atom. The molecule has 2 aromatic heterocycles. The standard InChI is InChI=1S/C30H23F2N5O4/c31-26-19(10-11-20(27(26)32)29(39)37-14-2-1-3-25(37)30(40)41)9-6-17-4-7-18(8-5-17)24-15-21(28(38)36-33)22-16-34-13-12-23(22)35-24/h4-5,7-8,10-13,15-16,25H,1-3,14,33H2,(H,36,38)(H,40,41). The van der Waals surface area contributed by atoms with Gasteiger partial charge in [0, 0.05) is 35.5 Å². The van der Waals surface area contributed by atoms with Crippen molar-refractivity contribution < 1.29 is 28.3 Å². The third kappa shape index (κ3) is 5.46. The minimum atomic E-state index is -1.37. The van der Waals surface area contributed by atoms with Crippen LogP contribution >= 0.6 is 0 Å². The number of likely N-dealkylation sites (tertiary alicyclic amines) is 1. The van der Waals surface area contributed by atoms with Gasteiger partial charge in [0.15, 0.2) is 11.6 Å². The van der Waals surface area contributed by atoms with Gasteiger partial charge >= 0.3 is 5.97 Å². The number of nitrogen functional groups attached to an aromatic ring is 1. The Hall–Kier alpha value is -5.21. The number of aromatic nitrogens is 2. The molecule has 5 rings (SSSR count). The first-order valence-electron chi connectivity index (χ1n) is 12.7. The van der Waals surface area contributed by atoms with Gasteiger partial charge in [0.1, 0.15) is 6.04 Å². The summed E-state index contributed by atoms with van der Waals surface area (Å²) in [5.74, 6) is 5.49. The van der Waals surface area contributed by atoms with Gasteiger partial charge < -0.3 is 10.0 Å². The van der Waals surface area contributed by atoms with Crippen molar-refractivity contribution >= 4 is 28.7 Å². The quantitative estimate of drug-likeness (QED) is 0.151. The van der Waals surface area contributed by atoms with Crippen molar-refractivity contribution in [1.29, 1.82) is 0 Å². The lowest BCUT2D eigenvalue weighted by atomic mass is 10.00. The predicted molar refractivity (Wildman–Crippen MR) is 145 cm³/mol. The summed E-state index contributed by atoms with van der Waals surface area (Å²) in [6.45, 7) is 0.155. The normalized spacial score (nSPS) is 14.7. The van der Waals surface area contributed by atoms with Crippen LogP contribution in [0.15, 0.2) is 60.9 Å². The third-order valence-corrected chi connectivity index (χ3v) is 6.87. The van der Waals surface area contributed by atoms with E-state index in [1.54, 1.807) is 42.6 Å². The number of hydrazine groups is 1. The highest BCUT2D eigenvalue weighted by molar-refractivity contribution is 6.06. The molecule has 0 aliphatic carbocycles. The summed E-state index contributed by atoms with van der Waals surface area (Å²) < 4.78 is 29.8. The number of hydrogen-bond donors (Lipinski definition) is 3. The third-order valence-electron chi connectivity index (χ3n) is 6.87. The number of nitrogens with zero attached hydrogens (tertiary/aromatic N) is 3. The molecule has 2 aromatic carbocycles. The molecular weight excluding hydrogens is 532 g/mol. The van der Waals surface area contributed by atoms with Crippen LogP contribution < -0.4 is 11.3 Å². The number of fused-ring (bicyclic) bond motifs is 1. The van der Waals surface area contributed by atoms with E-state index in [0.717, 1.165) is 11.0 Å². The second kappa shape index (κ2) is 11.5. The van der Waals surface area contributed by atoms with Gasteiger partial charge in [0.05, 0.1) is 27.9 Å². The Morgan fingerprint density at radius 2 is 1.78 bits per heavy atom. The van der Waals surface area contributed by atoms with Crippen LogP contribution in [-0.4, -0.2) is 50.3 Å². The monoisotopic (exact) mass is 555 g/mol. The minimum absolute atomic E-state index is 0.155. The lowest BCUT2D eigenvalue weighted by Gasteiger charge is -2.33. The average Bonchev–Trinajstić information content (AvgIpc) is 3.00. The van der Waals surface area contributed by atoms with Crippen molar-refractivity contribution in [2.45, 2.75) is 25.3 Å². The molecule has 1 unspecified atom stereocenters. The number of nitrogens with two attached hydrogens (primary N) is 1. The molecule has 2 amide bonds. The van der Waals surface area contributed by atoms with E-state index in [1.165, 1.54) is 12.3 Å². The molecule has 1 aliphatic heterocycles. The molecule has 41 heavy (non-hydrogen) atoms. The van der Waals surface area contributed by atoms with Gasteiger partial charge in [-0.3, -0.25) is 20.0 Å². The van der Waals surface area contributed by atoms with E-state index < -0.39 is 41.0 Å². The molecule has 0 bridgehead atoms. The maximum atomic E-state index is 14.9. The number of carboxylic acid groups (broad SMARTS) is 1. The van der Waals surface area contributed by atoms with Crippen molar-refractivity contribution in [3.63, 3.8) is 0 Å². The number of pyridine rings is 2. The molecule has 206 valence electrons. The first kappa shape index (κ1) is 27.4. The zero-order chi connectivity index (χ0) is 29.1. The van der Waals surface area contributed by atoms with Crippen LogP contribution in [0.3, 0.4) is 0 Å². The summed E-state index contributed by atoms with van der Waals surface area (Å²) in [6.07, 6.45) is 4.57. The number of amides is 2. The Bertz CT molecular complexity index is 1750. The Kier molecular flexibility index (Phi) is 7.67. The van der Waals surface area contributed by atoms with Crippen molar-refractivity contribution in [3.8, 4) is 23.1 Å². The van der Waals surface area contributed by atoms with Crippen LogP contribution in [0.1, 0.15) is 51.1 Å². The first-order chi connectivity index (χ1) is 19.8. The minimum Gasteiger partial charge on any atom is -0.480 e. The van der Waals surface area contributed by atoms with Crippen molar-refractivity contribution in [2.24, 2.45) is 5.84 Å². The number of nitrogens with one attached hydrogen (secondary N) is 1. The molecule has 1 fully saturated rings. The van der Waals surface area contributed by atoms with E-state index in [9.17, 15) is 28.3 Å². The second-order valence-corrected chi connectivity index (χ2v) is 9.39. The van der Waals surface area contributed by atoms with E-state index in [2.05, 4.69) is 27.2 Å². The molecule has 3 heterocycles. The van der Waals surface area contributed by atoms with Crippen LogP contribution in [-0.2, 0) is 4.79 Å². The number of hydrogen-bond acceptors (Lipinski definition) is 6. The molecule has 1 saturated heterocycles. The lowest BCUT2D eigenvalue weighted by Crippen LogP contribution is -2.48. The van der Waals surface area contributed by atoms with E-state index in [4.69, 9.17) is 5.84 Å². The van der Waals surface area contributed by atoms with Gasteiger partial charge in [-0.1, -0.05) is 24.0 Å². The SMILES string of the molecule is NNC(=O)c1cc(-c2ccc(C#Cc3ccc(C(=O)N4CCCCC4C(=O)O)c(F)c3F)cc2)nc2ccncc12. The van der Waals surface area contributed by atoms with Gasteiger partial charge in [-0.05, 0) is 55.7 Å². The topological polar surface area (TPSA) is 139 Å². The van der Waals surface area contributed by atoms with E-state index in [0.29, 0.717) is 46.1 Å². The number of aliphatic carboxylic acids is 1. The zero-order valence-corrected chi connectivity index (χ0v) is 21.5. The maximum Gasteiger partial charge on any atom is 0.326 e. The van der Waals surface area contributed by atoms with Crippen LogP contribution in [0.5, 0.6) is 0 Å². The highest BCUT2D eigenvalue weighted by Crippen LogP contribution is 2.26. The molecule has 0 saturated carbocycles. The highest BCUT2D eigenvalue weighted by Gasteiger charge is 2.34. The number of benzene rings is 2. The molecule has 0 spiro atoms. The van der Waals surface area contributed by atoms with Crippen LogP contribution in [0.2, 0.25) is 0 Å². The van der Waals surface area contributed by atoms with Crippen LogP contribution in [0.25, 0.3) is 22.2 Å². The maximum absolute atomic E-state index is 14.9. The van der Waals surface area contributed by atoms with Crippen molar-refractivity contribution in [2.75, 3.05) is 6.54 Å². The van der Waals surface area contributed by atoms with Gasteiger partial charge in [-0.15, -0.1) is 0 Å². The molecule has 4 aromatic rings. The number of rotatable bonds is 4. The number of carbonyl (C=O) groups is 3. The fourth-order valence-corrected chi connectivity index (χ4v) is 4.74. The molecule has 4 N–H and O–H groups in total. The van der Waals surface area contributed by atoms with E-state index in [-0.39, 0.29) is 18.5 Å². The summed E-state index contributed by atoms with van der Waals surface area (Å²) in [5.41, 5.74) is 3.88. The molecule has 0 radical (unpaired) electrons. The Labute approximate surface area is 233 Å². The number of carbonyl (C=O) groups excluding carboxylic acids is 2. The van der Waals surface area contributed by atoms with Crippen LogP contribution in [0.4, 0.5) is 8.78 Å². The zero-order valence-electron chi connectivity index (χ0n) is 21.5. The van der Waals surface area contributed by atoms with Gasteiger partial charge in [0.2, 0.25) is 0 Å². The lowest BCUT2D eigenvalue weighted by molar-refractivity contribution is -0.143. The fourth-order valence-electron chi connectivity index (χ4n) is 4.74. The molecule has 11 heteroatoms. The van der Waals surface area contributed by atoms with E-state index in [1.807, 2.05) is 0 Å². The summed E-state index contributed by atoms with van der Waals surface area (Å²) in [6, 6.07) is 11.3. The Morgan fingerprint density at radius 1 is 1.00 bits per heavy atom. The van der Waals surface area contributed by atoms with Crippen LogP contribution in [0, 0.1) is 23.5 Å². The van der Waals surface area contributed by atoms with Gasteiger partial charge in [-0.25, -0.2) is 24.4 Å². The van der Waals surface area contributed by atoms with Gasteiger partial charge in [-0.2, -0.15) is 0 Å². The van der Waals surface area contributed by atoms with Crippen molar-refractivity contribution in [3.05, 3.63) is 94.8 Å². The summed E-state index contributed by atoms with van der Waals surface area (Å²) in [5, 5.41) is 9.96. The molecule has 1 atom stereocenters. The van der Waals surface area contributed by atoms with Crippen molar-refractivity contribution in [1.82, 2.24) is 20.3 Å². The molecular formula is C30H23F2N5O4. The molecule has 1 aliphatic rings. The Balaban J connectivity index is 1.39. The average molecular weight is 556 g/mol. The second-order valence-electron chi connectivity index (χ2n) is 9.39. The highest BCUT2D eigenvalue weighted by atomic mass is 19.2. The number of carboxylic acids is 1. The summed E-state index contributed by atoms with van der Waals surface area (Å²) >= 11 is 0. The summed E-state index contributed by atoms with van der Waals surface area (Å²) in [4.78, 5) is 46.4.